The summed E-state index contributed by atoms with van der Waals surface area (Å²) in [7, 11) is 0. The van der Waals surface area contributed by atoms with Crippen molar-refractivity contribution in [3.63, 3.8) is 0 Å². The number of thiocarbonyl (C=S) groups is 1. The van der Waals surface area contributed by atoms with Gasteiger partial charge in [0.05, 0.1) is 0 Å². The first-order valence-electron chi connectivity index (χ1n) is 6.53. The standard InChI is InChI=1S/C17H13BrN2S/c18-14-6-3-7-15(11-14)19-17(21)20-16-9-8-12-4-1-2-5-13(12)10-16/h1-11H,(H2,19,20,21). The summed E-state index contributed by atoms with van der Waals surface area (Å²) < 4.78 is 1.01. The van der Waals surface area contributed by atoms with Gasteiger partial charge in [0.25, 0.3) is 0 Å². The third kappa shape index (κ3) is 3.60. The van der Waals surface area contributed by atoms with Gasteiger partial charge in [-0.25, -0.2) is 0 Å². The van der Waals surface area contributed by atoms with Gasteiger partial charge in [0.15, 0.2) is 5.11 Å². The molecular weight excluding hydrogens is 344 g/mol. The number of hydrogen-bond acceptors (Lipinski definition) is 1. The predicted molar refractivity (Wildman–Crippen MR) is 97.9 cm³/mol. The van der Waals surface area contributed by atoms with E-state index in [0.29, 0.717) is 5.11 Å². The van der Waals surface area contributed by atoms with Gasteiger partial charge in [0, 0.05) is 15.8 Å². The van der Waals surface area contributed by atoms with Crippen molar-refractivity contribution < 1.29 is 0 Å². The van der Waals surface area contributed by atoms with Gasteiger partial charge in [-0.2, -0.15) is 0 Å². The van der Waals surface area contributed by atoms with Crippen molar-refractivity contribution in [2.45, 2.75) is 0 Å². The van der Waals surface area contributed by atoms with Gasteiger partial charge in [-0.1, -0.05) is 52.3 Å². The molecule has 0 aromatic heterocycles. The monoisotopic (exact) mass is 356 g/mol. The average Bonchev–Trinajstić information content (AvgIpc) is 2.47. The lowest BCUT2D eigenvalue weighted by Crippen LogP contribution is -2.18. The summed E-state index contributed by atoms with van der Waals surface area (Å²) in [5, 5.41) is 9.35. The first kappa shape index (κ1) is 14.0. The van der Waals surface area contributed by atoms with E-state index in [1.54, 1.807) is 0 Å². The van der Waals surface area contributed by atoms with Crippen LogP contribution in [-0.2, 0) is 0 Å². The highest BCUT2D eigenvalue weighted by molar-refractivity contribution is 9.10. The van der Waals surface area contributed by atoms with Gasteiger partial charge in [-0.15, -0.1) is 0 Å². The van der Waals surface area contributed by atoms with Gasteiger partial charge in [-0.05, 0) is 53.3 Å². The molecule has 0 saturated carbocycles. The summed E-state index contributed by atoms with van der Waals surface area (Å²) in [5.41, 5.74) is 1.92. The molecule has 0 heterocycles. The Kier molecular flexibility index (Phi) is 4.18. The van der Waals surface area contributed by atoms with Gasteiger partial charge in [0.1, 0.15) is 0 Å². The lowest BCUT2D eigenvalue weighted by atomic mass is 10.1. The van der Waals surface area contributed by atoms with Crippen LogP contribution in [-0.4, -0.2) is 5.11 Å². The highest BCUT2D eigenvalue weighted by Crippen LogP contribution is 2.20. The molecule has 0 saturated heterocycles. The molecule has 2 nitrogen and oxygen atoms in total. The minimum Gasteiger partial charge on any atom is -0.332 e. The van der Waals surface area contributed by atoms with Crippen LogP contribution in [0.25, 0.3) is 10.8 Å². The molecule has 0 aliphatic carbocycles. The van der Waals surface area contributed by atoms with Crippen LogP contribution >= 0.6 is 28.1 Å². The Labute approximate surface area is 137 Å². The van der Waals surface area contributed by atoms with Crippen LogP contribution in [0.1, 0.15) is 0 Å². The van der Waals surface area contributed by atoms with Gasteiger partial charge in [-0.3, -0.25) is 0 Å². The Bertz CT molecular complexity index is 801. The number of nitrogens with one attached hydrogen (secondary N) is 2. The Balaban J connectivity index is 1.74. The molecule has 3 aromatic carbocycles. The number of hydrogen-bond donors (Lipinski definition) is 2. The summed E-state index contributed by atoms with van der Waals surface area (Å²) in [6, 6.07) is 22.3. The van der Waals surface area contributed by atoms with Crippen molar-refractivity contribution in [3.8, 4) is 0 Å². The maximum absolute atomic E-state index is 5.35. The number of anilines is 2. The third-order valence-electron chi connectivity index (χ3n) is 3.09. The molecule has 0 spiro atoms. The van der Waals surface area contributed by atoms with Crippen LogP contribution in [0.2, 0.25) is 0 Å². The minimum atomic E-state index is 0.573. The van der Waals surface area contributed by atoms with E-state index in [2.05, 4.69) is 50.8 Å². The van der Waals surface area contributed by atoms with Crippen molar-refractivity contribution in [1.82, 2.24) is 0 Å². The average molecular weight is 357 g/mol. The van der Waals surface area contributed by atoms with E-state index in [-0.39, 0.29) is 0 Å². The Morgan fingerprint density at radius 1 is 0.762 bits per heavy atom. The largest absolute Gasteiger partial charge is 0.332 e. The van der Waals surface area contributed by atoms with Gasteiger partial charge >= 0.3 is 0 Å². The van der Waals surface area contributed by atoms with Gasteiger partial charge in [0.2, 0.25) is 0 Å². The second kappa shape index (κ2) is 6.24. The Morgan fingerprint density at radius 3 is 2.24 bits per heavy atom. The number of benzene rings is 3. The number of fused-ring (bicyclic) bond motifs is 1. The quantitative estimate of drug-likeness (QED) is 0.600. The molecule has 0 amide bonds. The van der Waals surface area contributed by atoms with Crippen molar-refractivity contribution in [2.75, 3.05) is 10.6 Å². The molecule has 104 valence electrons. The second-order valence-electron chi connectivity index (χ2n) is 4.65. The van der Waals surface area contributed by atoms with Crippen molar-refractivity contribution in [3.05, 3.63) is 71.2 Å². The minimum absolute atomic E-state index is 0.573. The highest BCUT2D eigenvalue weighted by Gasteiger charge is 2.00. The number of halogens is 1. The molecule has 0 radical (unpaired) electrons. The fraction of sp³-hybridized carbons (Fsp3) is 0. The zero-order valence-corrected chi connectivity index (χ0v) is 13.5. The van der Waals surface area contributed by atoms with Crippen LogP contribution in [0.4, 0.5) is 11.4 Å². The van der Waals surface area contributed by atoms with E-state index in [0.717, 1.165) is 15.8 Å². The first-order valence-corrected chi connectivity index (χ1v) is 7.73. The van der Waals surface area contributed by atoms with E-state index < -0.39 is 0 Å². The first-order chi connectivity index (χ1) is 10.2. The summed E-state index contributed by atoms with van der Waals surface area (Å²) >= 11 is 8.79. The van der Waals surface area contributed by atoms with E-state index in [9.17, 15) is 0 Å². The molecule has 0 atom stereocenters. The summed E-state index contributed by atoms with van der Waals surface area (Å²) in [4.78, 5) is 0. The maximum Gasteiger partial charge on any atom is 0.175 e. The molecule has 0 aliphatic heterocycles. The summed E-state index contributed by atoms with van der Waals surface area (Å²) in [6.07, 6.45) is 0. The SMILES string of the molecule is S=C(Nc1cccc(Br)c1)Nc1ccc2ccccc2c1. The molecule has 0 unspecified atom stereocenters. The van der Waals surface area contributed by atoms with Crippen molar-refractivity contribution in [2.24, 2.45) is 0 Å². The van der Waals surface area contributed by atoms with Crippen molar-refractivity contribution in [1.29, 1.82) is 0 Å². The van der Waals surface area contributed by atoms with Crippen molar-refractivity contribution >= 4 is 55.4 Å². The molecule has 21 heavy (non-hydrogen) atoms. The van der Waals surface area contributed by atoms with Crippen LogP contribution in [0.3, 0.4) is 0 Å². The van der Waals surface area contributed by atoms with Crippen LogP contribution in [0.15, 0.2) is 71.2 Å². The Morgan fingerprint density at radius 2 is 1.48 bits per heavy atom. The Hall–Kier alpha value is -1.91. The second-order valence-corrected chi connectivity index (χ2v) is 5.98. The predicted octanol–water partition coefficient (Wildman–Crippen LogP) is 5.41. The molecule has 0 aliphatic rings. The molecule has 3 aromatic rings. The fourth-order valence-electron chi connectivity index (χ4n) is 2.13. The van der Waals surface area contributed by atoms with E-state index in [1.165, 1.54) is 10.8 Å². The molecule has 0 bridgehead atoms. The summed E-state index contributed by atoms with van der Waals surface area (Å²) in [6.45, 7) is 0. The normalized spacial score (nSPS) is 10.3. The topological polar surface area (TPSA) is 24.1 Å². The fourth-order valence-corrected chi connectivity index (χ4v) is 2.76. The number of rotatable bonds is 2. The third-order valence-corrected chi connectivity index (χ3v) is 3.79. The van der Waals surface area contributed by atoms with Crippen LogP contribution in [0.5, 0.6) is 0 Å². The van der Waals surface area contributed by atoms with Crippen LogP contribution in [0, 0.1) is 0 Å². The molecule has 2 N–H and O–H groups in total. The van der Waals surface area contributed by atoms with E-state index in [4.69, 9.17) is 12.2 Å². The van der Waals surface area contributed by atoms with Gasteiger partial charge < -0.3 is 10.6 Å². The molecule has 4 heteroatoms. The van der Waals surface area contributed by atoms with E-state index >= 15 is 0 Å². The lowest BCUT2D eigenvalue weighted by molar-refractivity contribution is 1.59. The summed E-state index contributed by atoms with van der Waals surface area (Å²) in [5.74, 6) is 0. The lowest BCUT2D eigenvalue weighted by Gasteiger charge is -2.11. The smallest absolute Gasteiger partial charge is 0.175 e. The molecule has 3 rings (SSSR count). The zero-order chi connectivity index (χ0) is 14.7. The zero-order valence-electron chi connectivity index (χ0n) is 11.1. The highest BCUT2D eigenvalue weighted by atomic mass is 79.9. The molecule has 0 fully saturated rings. The van der Waals surface area contributed by atoms with Crippen LogP contribution < -0.4 is 10.6 Å². The van der Waals surface area contributed by atoms with E-state index in [1.807, 2.05) is 42.5 Å². The molecular formula is C17H13BrN2S. The maximum atomic E-state index is 5.35.